The number of amides is 1. The molecular weight excluding hydrogens is 234 g/mol. The summed E-state index contributed by atoms with van der Waals surface area (Å²) in [6.45, 7) is 0. The summed E-state index contributed by atoms with van der Waals surface area (Å²) in [7, 11) is 3.21. The van der Waals surface area contributed by atoms with Crippen LogP contribution in [0.1, 0.15) is 5.56 Å². The van der Waals surface area contributed by atoms with Crippen molar-refractivity contribution in [2.45, 2.75) is 12.5 Å². The minimum Gasteiger partial charge on any atom is -0.504 e. The number of hydrogen-bond acceptors (Lipinski definition) is 5. The zero-order chi connectivity index (χ0) is 13.3. The van der Waals surface area contributed by atoms with Crippen molar-refractivity contribution < 1.29 is 14.6 Å². The first-order valence-corrected chi connectivity index (χ1v) is 5.49. The summed E-state index contributed by atoms with van der Waals surface area (Å²) in [6.07, 6.45) is 0.468. The molecule has 3 N–H and O–H groups in total. The zero-order valence-electron chi connectivity index (χ0n) is 10.3. The Labute approximate surface area is 105 Å². The van der Waals surface area contributed by atoms with Gasteiger partial charge in [-0.1, -0.05) is 6.07 Å². The molecule has 0 fully saturated rings. The minimum absolute atomic E-state index is 0.0723. The number of carbonyl (C=O) groups excluding carboxylic acids is 1. The van der Waals surface area contributed by atoms with Crippen molar-refractivity contribution in [1.29, 1.82) is 0 Å². The standard InChI is InChI=1S/C12H15N3O3/c1-15-8(11(17)14-12(15)13)5-7-3-4-9(16)10(6-7)18-2/h3-4,6,8,16H,5H2,1-2H3,(H2,13,14,17)/t8-/m0/s1. The third kappa shape index (κ3) is 2.09. The number of aliphatic imine (C=N–C) groups is 1. The number of guanidine groups is 1. The average Bonchev–Trinajstić information content (AvgIpc) is 2.58. The quantitative estimate of drug-likeness (QED) is 0.793. The van der Waals surface area contributed by atoms with Crippen molar-refractivity contribution >= 4 is 11.9 Å². The molecule has 0 aliphatic carbocycles. The molecule has 1 amide bonds. The summed E-state index contributed by atoms with van der Waals surface area (Å²) in [5.74, 6) is 0.440. The number of nitrogens with zero attached hydrogens (tertiary/aromatic N) is 2. The van der Waals surface area contributed by atoms with Crippen LogP contribution < -0.4 is 10.5 Å². The van der Waals surface area contributed by atoms with Crippen LogP contribution in [0.5, 0.6) is 11.5 Å². The molecule has 6 heteroatoms. The van der Waals surface area contributed by atoms with Gasteiger partial charge in [-0.05, 0) is 17.7 Å². The lowest BCUT2D eigenvalue weighted by Crippen LogP contribution is -2.39. The number of benzene rings is 1. The van der Waals surface area contributed by atoms with E-state index < -0.39 is 0 Å². The summed E-state index contributed by atoms with van der Waals surface area (Å²) in [4.78, 5) is 17.0. The average molecular weight is 249 g/mol. The summed E-state index contributed by atoms with van der Waals surface area (Å²) in [5, 5.41) is 9.50. The Bertz CT molecular complexity index is 513. The van der Waals surface area contributed by atoms with E-state index in [9.17, 15) is 9.90 Å². The number of ether oxygens (including phenoxy) is 1. The fourth-order valence-corrected chi connectivity index (χ4v) is 1.89. The Morgan fingerprint density at radius 1 is 1.56 bits per heavy atom. The number of hydrogen-bond donors (Lipinski definition) is 2. The van der Waals surface area contributed by atoms with Crippen LogP contribution in [0, 0.1) is 0 Å². The minimum atomic E-state index is -0.390. The molecule has 1 aliphatic rings. The highest BCUT2D eigenvalue weighted by molar-refractivity contribution is 6.02. The monoisotopic (exact) mass is 249 g/mol. The van der Waals surface area contributed by atoms with Crippen molar-refractivity contribution in [1.82, 2.24) is 4.90 Å². The highest BCUT2D eigenvalue weighted by Gasteiger charge is 2.31. The molecule has 0 saturated carbocycles. The number of methoxy groups -OCH3 is 1. The van der Waals surface area contributed by atoms with Crippen LogP contribution in [0.25, 0.3) is 0 Å². The van der Waals surface area contributed by atoms with Gasteiger partial charge in [-0.2, -0.15) is 4.99 Å². The van der Waals surface area contributed by atoms with Crippen LogP contribution in [0.2, 0.25) is 0 Å². The van der Waals surface area contributed by atoms with E-state index in [-0.39, 0.29) is 23.7 Å². The maximum atomic E-state index is 11.6. The summed E-state index contributed by atoms with van der Waals surface area (Å²) >= 11 is 0. The smallest absolute Gasteiger partial charge is 0.271 e. The Balaban J connectivity index is 2.18. The largest absolute Gasteiger partial charge is 0.504 e. The van der Waals surface area contributed by atoms with Crippen LogP contribution in [0.3, 0.4) is 0 Å². The van der Waals surface area contributed by atoms with Gasteiger partial charge in [-0.25, -0.2) is 0 Å². The first-order valence-electron chi connectivity index (χ1n) is 5.49. The molecule has 0 bridgehead atoms. The number of rotatable bonds is 3. The lowest BCUT2D eigenvalue weighted by Gasteiger charge is -2.19. The highest BCUT2D eigenvalue weighted by Crippen LogP contribution is 2.27. The van der Waals surface area contributed by atoms with Crippen LogP contribution >= 0.6 is 0 Å². The fraction of sp³-hybridized carbons (Fsp3) is 0.333. The van der Waals surface area contributed by atoms with Gasteiger partial charge in [0.2, 0.25) is 0 Å². The number of aromatic hydroxyl groups is 1. The van der Waals surface area contributed by atoms with Gasteiger partial charge in [0.15, 0.2) is 17.5 Å². The third-order valence-electron chi connectivity index (χ3n) is 3.01. The number of nitrogens with two attached hydrogens (primary N) is 1. The predicted octanol–water partition coefficient (Wildman–Crippen LogP) is 0.0986. The van der Waals surface area contributed by atoms with Gasteiger partial charge >= 0.3 is 0 Å². The molecule has 0 spiro atoms. The van der Waals surface area contributed by atoms with Crippen molar-refractivity contribution in [2.24, 2.45) is 10.7 Å². The molecule has 0 radical (unpaired) electrons. The van der Waals surface area contributed by atoms with E-state index in [4.69, 9.17) is 10.5 Å². The van der Waals surface area contributed by atoms with Gasteiger partial charge in [0.1, 0.15) is 6.04 Å². The van der Waals surface area contributed by atoms with E-state index in [1.54, 1.807) is 24.1 Å². The second-order valence-corrected chi connectivity index (χ2v) is 4.15. The molecule has 1 atom stereocenters. The summed E-state index contributed by atoms with van der Waals surface area (Å²) < 4.78 is 5.02. The van der Waals surface area contributed by atoms with Crippen molar-refractivity contribution in [3.63, 3.8) is 0 Å². The Kier molecular flexibility index (Phi) is 3.10. The molecule has 1 aromatic rings. The molecular formula is C12H15N3O3. The first kappa shape index (κ1) is 12.2. The van der Waals surface area contributed by atoms with Crippen molar-refractivity contribution in [3.8, 4) is 11.5 Å². The molecule has 1 aliphatic heterocycles. The second kappa shape index (κ2) is 4.56. The summed E-state index contributed by atoms with van der Waals surface area (Å²) in [5.41, 5.74) is 6.46. The molecule has 96 valence electrons. The van der Waals surface area contributed by atoms with Crippen LogP contribution in [-0.2, 0) is 11.2 Å². The fourth-order valence-electron chi connectivity index (χ4n) is 1.89. The molecule has 1 heterocycles. The van der Waals surface area contributed by atoms with Crippen LogP contribution in [-0.4, -0.2) is 42.1 Å². The second-order valence-electron chi connectivity index (χ2n) is 4.15. The molecule has 0 saturated heterocycles. The van der Waals surface area contributed by atoms with Crippen LogP contribution in [0.15, 0.2) is 23.2 Å². The SMILES string of the molecule is COc1cc(C[C@H]2C(=O)N=C(N)N2C)ccc1O. The van der Waals surface area contributed by atoms with Gasteiger partial charge in [0.25, 0.3) is 5.91 Å². The molecule has 18 heavy (non-hydrogen) atoms. The number of carbonyl (C=O) groups is 1. The number of likely N-dealkylation sites (N-methyl/N-ethyl adjacent to an activating group) is 1. The Morgan fingerprint density at radius 3 is 2.83 bits per heavy atom. The lowest BCUT2D eigenvalue weighted by molar-refractivity contribution is -0.120. The van der Waals surface area contributed by atoms with Gasteiger partial charge in [0.05, 0.1) is 7.11 Å². The van der Waals surface area contributed by atoms with Gasteiger partial charge < -0.3 is 20.5 Å². The maximum absolute atomic E-state index is 11.6. The molecule has 6 nitrogen and oxygen atoms in total. The third-order valence-corrected chi connectivity index (χ3v) is 3.01. The number of phenols is 1. The molecule has 0 unspecified atom stereocenters. The number of phenolic OH excluding ortho intramolecular Hbond substituents is 1. The first-order chi connectivity index (χ1) is 8.52. The van der Waals surface area contributed by atoms with Crippen LogP contribution in [0.4, 0.5) is 0 Å². The van der Waals surface area contributed by atoms with E-state index in [1.807, 2.05) is 0 Å². The van der Waals surface area contributed by atoms with Gasteiger partial charge in [0, 0.05) is 13.5 Å². The van der Waals surface area contributed by atoms with E-state index in [2.05, 4.69) is 4.99 Å². The van der Waals surface area contributed by atoms with Crippen molar-refractivity contribution in [3.05, 3.63) is 23.8 Å². The van der Waals surface area contributed by atoms with Gasteiger partial charge in [-0.3, -0.25) is 4.79 Å². The Hall–Kier alpha value is -2.24. The summed E-state index contributed by atoms with van der Waals surface area (Å²) in [6, 6.07) is 4.59. The normalized spacial score (nSPS) is 19.0. The molecule has 2 rings (SSSR count). The molecule has 1 aromatic carbocycles. The lowest BCUT2D eigenvalue weighted by atomic mass is 10.0. The van der Waals surface area contributed by atoms with E-state index in [0.29, 0.717) is 12.2 Å². The van der Waals surface area contributed by atoms with E-state index in [0.717, 1.165) is 5.56 Å². The van der Waals surface area contributed by atoms with E-state index in [1.165, 1.54) is 13.2 Å². The topological polar surface area (TPSA) is 88.1 Å². The van der Waals surface area contributed by atoms with Gasteiger partial charge in [-0.15, -0.1) is 0 Å². The predicted molar refractivity (Wildman–Crippen MR) is 66.5 cm³/mol. The highest BCUT2D eigenvalue weighted by atomic mass is 16.5. The molecule has 0 aromatic heterocycles. The Morgan fingerprint density at radius 2 is 2.28 bits per heavy atom. The maximum Gasteiger partial charge on any atom is 0.271 e. The van der Waals surface area contributed by atoms with Crippen molar-refractivity contribution in [2.75, 3.05) is 14.2 Å². The van der Waals surface area contributed by atoms with E-state index >= 15 is 0 Å². The zero-order valence-corrected chi connectivity index (χ0v) is 10.3.